The van der Waals surface area contributed by atoms with Gasteiger partial charge in [-0.05, 0) is 27.7 Å². The van der Waals surface area contributed by atoms with E-state index in [1.165, 1.54) is 6.26 Å². The molecule has 6 nitrogen and oxygen atoms in total. The Morgan fingerprint density at radius 1 is 0.950 bits per heavy atom. The van der Waals surface area contributed by atoms with Crippen molar-refractivity contribution in [1.82, 2.24) is 15.0 Å². The van der Waals surface area contributed by atoms with Gasteiger partial charge in [0.05, 0.1) is 17.4 Å². The third kappa shape index (κ3) is 2.12. The van der Waals surface area contributed by atoms with Crippen LogP contribution in [-0.2, 0) is 9.31 Å². The fourth-order valence-corrected chi connectivity index (χ4v) is 1.88. The van der Waals surface area contributed by atoms with Crippen molar-refractivity contribution in [2.45, 2.75) is 38.9 Å². The predicted molar refractivity (Wildman–Crippen MR) is 73.2 cm³/mol. The van der Waals surface area contributed by atoms with Crippen LogP contribution in [0.15, 0.2) is 29.3 Å². The van der Waals surface area contributed by atoms with Crippen molar-refractivity contribution in [3.05, 3.63) is 24.9 Å². The van der Waals surface area contributed by atoms with Crippen LogP contribution in [0.1, 0.15) is 27.7 Å². The SMILES string of the molecule is CC1(C)OB(c2cnc(-c3ncco3)nc2)OC1(C)C. The Morgan fingerprint density at radius 3 is 2.05 bits per heavy atom. The van der Waals surface area contributed by atoms with Crippen molar-refractivity contribution in [3.63, 3.8) is 0 Å². The highest BCUT2D eigenvalue weighted by Gasteiger charge is 2.51. The monoisotopic (exact) mass is 273 g/mol. The molecule has 0 N–H and O–H groups in total. The Morgan fingerprint density at radius 2 is 1.55 bits per heavy atom. The average molecular weight is 273 g/mol. The first-order chi connectivity index (χ1) is 9.39. The van der Waals surface area contributed by atoms with Gasteiger partial charge in [0.1, 0.15) is 6.26 Å². The lowest BCUT2D eigenvalue weighted by atomic mass is 9.81. The van der Waals surface area contributed by atoms with Crippen molar-refractivity contribution in [3.8, 4) is 11.7 Å². The van der Waals surface area contributed by atoms with Crippen LogP contribution in [-0.4, -0.2) is 33.3 Å². The predicted octanol–water partition coefficient (Wildman–Crippen LogP) is 1.43. The van der Waals surface area contributed by atoms with Gasteiger partial charge < -0.3 is 13.7 Å². The lowest BCUT2D eigenvalue weighted by Gasteiger charge is -2.32. The molecule has 2 aromatic rings. The number of rotatable bonds is 2. The summed E-state index contributed by atoms with van der Waals surface area (Å²) < 4.78 is 17.0. The molecule has 20 heavy (non-hydrogen) atoms. The second-order valence-corrected chi connectivity index (χ2v) is 5.77. The molecule has 1 aliphatic heterocycles. The van der Waals surface area contributed by atoms with E-state index in [0.717, 1.165) is 5.46 Å². The van der Waals surface area contributed by atoms with E-state index in [1.54, 1.807) is 18.6 Å². The van der Waals surface area contributed by atoms with Crippen molar-refractivity contribution < 1.29 is 13.7 Å². The molecule has 0 amide bonds. The Labute approximate surface area is 117 Å². The lowest BCUT2D eigenvalue weighted by Crippen LogP contribution is -2.41. The van der Waals surface area contributed by atoms with Gasteiger partial charge in [-0.25, -0.2) is 15.0 Å². The van der Waals surface area contributed by atoms with Crippen LogP contribution in [0.4, 0.5) is 0 Å². The molecule has 1 fully saturated rings. The topological polar surface area (TPSA) is 70.3 Å². The van der Waals surface area contributed by atoms with Gasteiger partial charge in [0.2, 0.25) is 5.82 Å². The minimum Gasteiger partial charge on any atom is -0.442 e. The molecule has 3 rings (SSSR count). The second-order valence-electron chi connectivity index (χ2n) is 5.77. The summed E-state index contributed by atoms with van der Waals surface area (Å²) in [5, 5.41) is 0. The molecule has 0 unspecified atom stereocenters. The molecule has 3 heterocycles. The molecule has 7 heteroatoms. The van der Waals surface area contributed by atoms with E-state index >= 15 is 0 Å². The summed E-state index contributed by atoms with van der Waals surface area (Å²) in [6, 6.07) is 0. The summed E-state index contributed by atoms with van der Waals surface area (Å²) in [7, 11) is -0.460. The first kappa shape index (κ1) is 13.3. The molecule has 0 atom stereocenters. The Bertz CT molecular complexity index is 580. The number of oxazole rings is 1. The van der Waals surface area contributed by atoms with Gasteiger partial charge in [-0.2, -0.15) is 0 Å². The average Bonchev–Trinajstić information content (AvgIpc) is 2.97. The van der Waals surface area contributed by atoms with E-state index in [9.17, 15) is 0 Å². The van der Waals surface area contributed by atoms with Crippen LogP contribution in [0, 0.1) is 0 Å². The van der Waals surface area contributed by atoms with E-state index < -0.39 is 7.12 Å². The number of nitrogens with zero attached hydrogens (tertiary/aromatic N) is 3. The zero-order valence-electron chi connectivity index (χ0n) is 12.0. The van der Waals surface area contributed by atoms with Gasteiger partial charge in [-0.15, -0.1) is 0 Å². The fraction of sp³-hybridized carbons (Fsp3) is 0.462. The molecule has 0 aliphatic carbocycles. The van der Waals surface area contributed by atoms with E-state index in [-0.39, 0.29) is 11.2 Å². The van der Waals surface area contributed by atoms with Crippen LogP contribution in [0.3, 0.4) is 0 Å². The molecule has 0 bridgehead atoms. The molecule has 104 valence electrons. The third-order valence-corrected chi connectivity index (χ3v) is 3.82. The highest BCUT2D eigenvalue weighted by molar-refractivity contribution is 6.61. The van der Waals surface area contributed by atoms with Crippen LogP contribution >= 0.6 is 0 Å². The van der Waals surface area contributed by atoms with Gasteiger partial charge in [0.15, 0.2) is 0 Å². The van der Waals surface area contributed by atoms with E-state index in [2.05, 4.69) is 15.0 Å². The first-order valence-corrected chi connectivity index (χ1v) is 6.46. The fourth-order valence-electron chi connectivity index (χ4n) is 1.88. The summed E-state index contributed by atoms with van der Waals surface area (Å²) in [5.74, 6) is 0.834. The molecular formula is C13H16BN3O3. The number of hydrogen-bond acceptors (Lipinski definition) is 6. The lowest BCUT2D eigenvalue weighted by molar-refractivity contribution is 0.00578. The maximum atomic E-state index is 5.94. The van der Waals surface area contributed by atoms with Crippen molar-refractivity contribution >= 4 is 12.6 Å². The molecule has 0 aromatic carbocycles. The highest BCUT2D eigenvalue weighted by Crippen LogP contribution is 2.36. The summed E-state index contributed by atoms with van der Waals surface area (Å²) in [6.45, 7) is 8.04. The number of aromatic nitrogens is 3. The maximum absolute atomic E-state index is 5.94. The largest absolute Gasteiger partial charge is 0.498 e. The van der Waals surface area contributed by atoms with Gasteiger partial charge in [-0.3, -0.25) is 0 Å². The van der Waals surface area contributed by atoms with Crippen molar-refractivity contribution in [2.75, 3.05) is 0 Å². The molecule has 2 aromatic heterocycles. The van der Waals surface area contributed by atoms with Gasteiger partial charge >= 0.3 is 7.12 Å². The quantitative estimate of drug-likeness (QED) is 0.771. The normalized spacial score (nSPS) is 20.3. The van der Waals surface area contributed by atoms with Crippen molar-refractivity contribution in [1.29, 1.82) is 0 Å². The van der Waals surface area contributed by atoms with Crippen LogP contribution in [0.2, 0.25) is 0 Å². The van der Waals surface area contributed by atoms with E-state index in [0.29, 0.717) is 11.7 Å². The molecule has 1 aliphatic rings. The van der Waals surface area contributed by atoms with Crippen LogP contribution in [0.5, 0.6) is 0 Å². The zero-order valence-corrected chi connectivity index (χ0v) is 12.0. The summed E-state index contributed by atoms with van der Waals surface area (Å²) in [5.41, 5.74) is 0.0246. The smallest absolute Gasteiger partial charge is 0.442 e. The standard InChI is InChI=1S/C13H16BN3O3/c1-12(2)13(3,4)20-14(19-12)9-7-16-10(17-8-9)11-15-5-6-18-11/h5-8H,1-4H3. The maximum Gasteiger partial charge on any atom is 0.498 e. The summed E-state index contributed by atoms with van der Waals surface area (Å²) in [6.07, 6.45) is 6.39. The minimum absolute atomic E-state index is 0.376. The molecular weight excluding hydrogens is 257 g/mol. The first-order valence-electron chi connectivity index (χ1n) is 6.46. The third-order valence-electron chi connectivity index (χ3n) is 3.82. The van der Waals surface area contributed by atoms with Gasteiger partial charge in [0.25, 0.3) is 5.89 Å². The van der Waals surface area contributed by atoms with Crippen LogP contribution < -0.4 is 5.46 Å². The molecule has 0 spiro atoms. The molecule has 0 saturated carbocycles. The zero-order chi connectivity index (χ0) is 14.4. The van der Waals surface area contributed by atoms with E-state index in [4.69, 9.17) is 13.7 Å². The molecule has 0 radical (unpaired) electrons. The second kappa shape index (κ2) is 4.39. The van der Waals surface area contributed by atoms with Crippen LogP contribution in [0.25, 0.3) is 11.7 Å². The summed E-state index contributed by atoms with van der Waals surface area (Å²) >= 11 is 0. The van der Waals surface area contributed by atoms with Gasteiger partial charge in [0, 0.05) is 17.9 Å². The summed E-state index contributed by atoms with van der Waals surface area (Å²) in [4.78, 5) is 12.5. The van der Waals surface area contributed by atoms with Gasteiger partial charge in [-0.1, -0.05) is 0 Å². The number of hydrogen-bond donors (Lipinski definition) is 0. The van der Waals surface area contributed by atoms with E-state index in [1.807, 2.05) is 27.7 Å². The van der Waals surface area contributed by atoms with Crippen molar-refractivity contribution in [2.24, 2.45) is 0 Å². The Kier molecular flexibility index (Phi) is 2.91. The molecule has 1 saturated heterocycles. The minimum atomic E-state index is -0.460. The Hall–Kier alpha value is -1.73. The highest BCUT2D eigenvalue weighted by atomic mass is 16.7. The Balaban J connectivity index is 1.83.